The Morgan fingerprint density at radius 2 is 2.36 bits per heavy atom. The molecule has 2 heteroatoms. The first kappa shape index (κ1) is 6.68. The third-order valence-electron chi connectivity index (χ3n) is 1.84. The third-order valence-corrected chi connectivity index (χ3v) is 1.84. The highest BCUT2D eigenvalue weighted by Crippen LogP contribution is 2.19. The summed E-state index contributed by atoms with van der Waals surface area (Å²) in [5, 5.41) is 12.1. The Morgan fingerprint density at radius 3 is 3.27 bits per heavy atom. The van der Waals surface area contributed by atoms with E-state index in [1.807, 2.05) is 6.07 Å². The van der Waals surface area contributed by atoms with E-state index in [9.17, 15) is 0 Å². The van der Waals surface area contributed by atoms with Gasteiger partial charge in [-0.05, 0) is 29.7 Å². The van der Waals surface area contributed by atoms with E-state index < -0.39 is 0 Å². The van der Waals surface area contributed by atoms with Crippen LogP contribution < -0.4 is 5.32 Å². The highest BCUT2D eigenvalue weighted by Gasteiger charge is 2.08. The van der Waals surface area contributed by atoms with Gasteiger partial charge in [0.2, 0.25) is 0 Å². The van der Waals surface area contributed by atoms with Gasteiger partial charge in [0, 0.05) is 6.54 Å². The Morgan fingerprint density at radius 1 is 1.45 bits per heavy atom. The SMILES string of the molecule is Oc1ccc2c(c1)[C]NCC2. The molecule has 0 saturated heterocycles. The second-order valence-corrected chi connectivity index (χ2v) is 2.64. The highest BCUT2D eigenvalue weighted by molar-refractivity contribution is 5.40. The Balaban J connectivity index is 2.43. The number of nitrogens with one attached hydrogen (secondary N) is 1. The normalized spacial score (nSPS) is 16.0. The first-order valence-corrected chi connectivity index (χ1v) is 3.67. The van der Waals surface area contributed by atoms with Gasteiger partial charge in [0.05, 0.1) is 6.54 Å². The lowest BCUT2D eigenvalue weighted by atomic mass is 10.0. The second kappa shape index (κ2) is 2.55. The summed E-state index contributed by atoms with van der Waals surface area (Å²) in [6, 6.07) is 5.38. The molecule has 1 aromatic rings. The molecule has 1 aliphatic rings. The van der Waals surface area contributed by atoms with E-state index in [4.69, 9.17) is 5.11 Å². The van der Waals surface area contributed by atoms with E-state index in [0.717, 1.165) is 18.5 Å². The fourth-order valence-electron chi connectivity index (χ4n) is 1.25. The standard InChI is InChI=1S/C9H9NO/c11-9-2-1-7-3-4-10-6-8(7)5-9/h1-2,5,10-11H,3-4H2. The Bertz CT molecular complexity index is 270. The first-order chi connectivity index (χ1) is 5.36. The van der Waals surface area contributed by atoms with Gasteiger partial charge in [-0.25, -0.2) is 0 Å². The van der Waals surface area contributed by atoms with Crippen LogP contribution in [0.25, 0.3) is 0 Å². The minimum absolute atomic E-state index is 0.306. The number of hydrogen-bond donors (Lipinski definition) is 2. The van der Waals surface area contributed by atoms with Crippen molar-refractivity contribution in [3.8, 4) is 5.75 Å². The van der Waals surface area contributed by atoms with Crippen LogP contribution in [0.1, 0.15) is 11.1 Å². The molecule has 0 saturated carbocycles. The Kier molecular flexibility index (Phi) is 1.55. The molecule has 1 aliphatic heterocycles. The van der Waals surface area contributed by atoms with Crippen LogP contribution in [0.15, 0.2) is 18.2 Å². The van der Waals surface area contributed by atoms with Gasteiger partial charge >= 0.3 is 0 Å². The zero-order chi connectivity index (χ0) is 7.68. The van der Waals surface area contributed by atoms with E-state index in [1.165, 1.54) is 5.56 Å². The monoisotopic (exact) mass is 147 g/mol. The zero-order valence-electron chi connectivity index (χ0n) is 6.09. The lowest BCUT2D eigenvalue weighted by Gasteiger charge is -2.15. The molecule has 1 aromatic carbocycles. The molecule has 0 fully saturated rings. The smallest absolute Gasteiger partial charge is 0.115 e. The predicted molar refractivity (Wildman–Crippen MR) is 42.2 cm³/mol. The summed E-state index contributed by atoms with van der Waals surface area (Å²) in [7, 11) is 0. The van der Waals surface area contributed by atoms with Crippen LogP contribution in [0, 0.1) is 6.54 Å². The number of phenols is 1. The van der Waals surface area contributed by atoms with Crippen LogP contribution in [-0.2, 0) is 6.42 Å². The molecule has 0 atom stereocenters. The maximum atomic E-state index is 9.12. The van der Waals surface area contributed by atoms with E-state index in [0.29, 0.717) is 5.75 Å². The number of aromatic hydroxyl groups is 1. The van der Waals surface area contributed by atoms with Crippen LogP contribution in [0.2, 0.25) is 0 Å². The first-order valence-electron chi connectivity index (χ1n) is 3.67. The zero-order valence-corrected chi connectivity index (χ0v) is 6.09. The van der Waals surface area contributed by atoms with Gasteiger partial charge in [0.25, 0.3) is 0 Å². The molecule has 2 nitrogen and oxygen atoms in total. The summed E-state index contributed by atoms with van der Waals surface area (Å²) in [5.74, 6) is 0.306. The Labute approximate surface area is 65.9 Å². The van der Waals surface area contributed by atoms with Crippen molar-refractivity contribution in [3.05, 3.63) is 35.9 Å². The summed E-state index contributed by atoms with van der Waals surface area (Å²) in [4.78, 5) is 0. The quantitative estimate of drug-likeness (QED) is 0.572. The molecule has 1 heterocycles. The van der Waals surface area contributed by atoms with Gasteiger partial charge in [-0.15, -0.1) is 0 Å². The third kappa shape index (κ3) is 1.21. The molecule has 0 unspecified atom stereocenters. The molecule has 56 valence electrons. The summed E-state index contributed by atoms with van der Waals surface area (Å²) in [6.45, 7) is 3.94. The molecule has 2 radical (unpaired) electrons. The van der Waals surface area contributed by atoms with Crippen molar-refractivity contribution in [2.24, 2.45) is 0 Å². The molecular weight excluding hydrogens is 138 g/mol. The van der Waals surface area contributed by atoms with Crippen molar-refractivity contribution in [2.45, 2.75) is 6.42 Å². The molecular formula is C9H9NO. The number of rotatable bonds is 0. The summed E-state index contributed by atoms with van der Waals surface area (Å²) >= 11 is 0. The van der Waals surface area contributed by atoms with Gasteiger partial charge < -0.3 is 10.4 Å². The van der Waals surface area contributed by atoms with Gasteiger partial charge in [0.15, 0.2) is 0 Å². The van der Waals surface area contributed by atoms with Crippen molar-refractivity contribution in [1.82, 2.24) is 5.32 Å². The molecule has 0 aliphatic carbocycles. The highest BCUT2D eigenvalue weighted by atomic mass is 16.3. The number of fused-ring (bicyclic) bond motifs is 1. The van der Waals surface area contributed by atoms with Crippen LogP contribution in [0.5, 0.6) is 5.75 Å². The number of benzene rings is 1. The summed E-state index contributed by atoms with van der Waals surface area (Å²) < 4.78 is 0. The maximum absolute atomic E-state index is 9.12. The maximum Gasteiger partial charge on any atom is 0.115 e. The van der Waals surface area contributed by atoms with Crippen molar-refractivity contribution in [3.63, 3.8) is 0 Å². The van der Waals surface area contributed by atoms with Crippen molar-refractivity contribution < 1.29 is 5.11 Å². The van der Waals surface area contributed by atoms with Gasteiger partial charge in [-0.1, -0.05) is 6.07 Å². The number of phenolic OH excluding ortho intramolecular Hbond substituents is 1. The van der Waals surface area contributed by atoms with Crippen molar-refractivity contribution >= 4 is 0 Å². The van der Waals surface area contributed by atoms with Crippen molar-refractivity contribution in [1.29, 1.82) is 0 Å². The van der Waals surface area contributed by atoms with Crippen molar-refractivity contribution in [2.75, 3.05) is 6.54 Å². The van der Waals surface area contributed by atoms with Crippen LogP contribution in [0.3, 0.4) is 0 Å². The van der Waals surface area contributed by atoms with E-state index in [-0.39, 0.29) is 0 Å². The largest absolute Gasteiger partial charge is 0.508 e. The fraction of sp³-hybridized carbons (Fsp3) is 0.222. The fourth-order valence-corrected chi connectivity index (χ4v) is 1.25. The minimum Gasteiger partial charge on any atom is -0.508 e. The molecule has 2 rings (SSSR count). The molecule has 0 bridgehead atoms. The average Bonchev–Trinajstić information content (AvgIpc) is 2.04. The van der Waals surface area contributed by atoms with E-state index in [1.54, 1.807) is 12.1 Å². The molecule has 0 aromatic heterocycles. The molecule has 2 N–H and O–H groups in total. The van der Waals surface area contributed by atoms with Crippen LogP contribution >= 0.6 is 0 Å². The van der Waals surface area contributed by atoms with Gasteiger partial charge in [0.1, 0.15) is 5.75 Å². The molecule has 0 spiro atoms. The molecule has 11 heavy (non-hydrogen) atoms. The minimum atomic E-state index is 0.306. The lowest BCUT2D eigenvalue weighted by Crippen LogP contribution is -2.21. The molecule has 0 amide bonds. The lowest BCUT2D eigenvalue weighted by molar-refractivity contribution is 0.474. The van der Waals surface area contributed by atoms with Gasteiger partial charge in [-0.2, -0.15) is 0 Å². The summed E-state index contributed by atoms with van der Waals surface area (Å²) in [5.41, 5.74) is 2.23. The van der Waals surface area contributed by atoms with Crippen LogP contribution in [-0.4, -0.2) is 11.7 Å². The van der Waals surface area contributed by atoms with E-state index >= 15 is 0 Å². The average molecular weight is 147 g/mol. The predicted octanol–water partition coefficient (Wildman–Crippen LogP) is 0.925. The summed E-state index contributed by atoms with van der Waals surface area (Å²) in [6.07, 6.45) is 1.02. The second-order valence-electron chi connectivity index (χ2n) is 2.64. The van der Waals surface area contributed by atoms with E-state index in [2.05, 4.69) is 11.9 Å². The number of hydrogen-bond acceptors (Lipinski definition) is 2. The Hall–Kier alpha value is -1.02. The topological polar surface area (TPSA) is 32.3 Å². The van der Waals surface area contributed by atoms with Crippen LogP contribution in [0.4, 0.5) is 0 Å². The van der Waals surface area contributed by atoms with Gasteiger partial charge in [-0.3, -0.25) is 0 Å².